The third-order valence-corrected chi connectivity index (χ3v) is 5.89. The maximum Gasteiger partial charge on any atom is 0.601 e. The SMILES string of the molecule is CCc1ccc([P+](=O)O[P+](=O)c2ccc(CC)cc2)cc1. The van der Waals surface area contributed by atoms with Gasteiger partial charge in [0.05, 0.1) is 0 Å². The molecule has 0 fully saturated rings. The van der Waals surface area contributed by atoms with Crippen molar-refractivity contribution in [3.63, 3.8) is 0 Å². The lowest BCUT2D eigenvalue weighted by Gasteiger charge is -1.92. The lowest BCUT2D eigenvalue weighted by molar-refractivity contribution is 0.501. The zero-order valence-electron chi connectivity index (χ0n) is 12.2. The van der Waals surface area contributed by atoms with Crippen molar-refractivity contribution in [2.24, 2.45) is 0 Å². The first kappa shape index (κ1) is 16.0. The fourth-order valence-corrected chi connectivity index (χ4v) is 3.95. The average Bonchev–Trinajstić information content (AvgIpc) is 2.55. The fraction of sp³-hybridized carbons (Fsp3) is 0.250. The van der Waals surface area contributed by atoms with Crippen molar-refractivity contribution in [2.45, 2.75) is 26.7 Å². The third-order valence-electron chi connectivity index (χ3n) is 3.26. The van der Waals surface area contributed by atoms with E-state index in [2.05, 4.69) is 13.8 Å². The normalized spacial score (nSPS) is 12.1. The molecule has 108 valence electrons. The van der Waals surface area contributed by atoms with Crippen LogP contribution in [-0.2, 0) is 26.3 Å². The van der Waals surface area contributed by atoms with Crippen LogP contribution in [0.5, 0.6) is 0 Å². The Kier molecular flexibility index (Phi) is 5.76. The van der Waals surface area contributed by atoms with E-state index in [9.17, 15) is 9.13 Å². The van der Waals surface area contributed by atoms with Crippen molar-refractivity contribution in [3.8, 4) is 0 Å². The zero-order valence-corrected chi connectivity index (χ0v) is 13.9. The average molecular weight is 320 g/mol. The highest BCUT2D eigenvalue weighted by molar-refractivity contribution is 7.61. The van der Waals surface area contributed by atoms with E-state index < -0.39 is 16.1 Å². The molecular weight excluding hydrogens is 302 g/mol. The van der Waals surface area contributed by atoms with Crippen LogP contribution >= 0.6 is 16.1 Å². The van der Waals surface area contributed by atoms with Crippen molar-refractivity contribution < 1.29 is 13.4 Å². The largest absolute Gasteiger partial charge is 0.601 e. The van der Waals surface area contributed by atoms with E-state index in [0.717, 1.165) is 12.8 Å². The molecule has 21 heavy (non-hydrogen) atoms. The Bertz CT molecular complexity index is 576. The minimum Gasteiger partial charge on any atom is -0.0613 e. The summed E-state index contributed by atoms with van der Waals surface area (Å²) in [7, 11) is -4.20. The van der Waals surface area contributed by atoms with Crippen LogP contribution < -0.4 is 10.6 Å². The summed E-state index contributed by atoms with van der Waals surface area (Å²) in [5.74, 6) is 0. The van der Waals surface area contributed by atoms with Gasteiger partial charge in [0.1, 0.15) is 4.31 Å². The number of hydrogen-bond donors (Lipinski definition) is 0. The molecule has 0 saturated heterocycles. The quantitative estimate of drug-likeness (QED) is 0.747. The van der Waals surface area contributed by atoms with Crippen LogP contribution in [-0.4, -0.2) is 0 Å². The third kappa shape index (κ3) is 4.28. The summed E-state index contributed by atoms with van der Waals surface area (Å²) in [5, 5.41) is 1.13. The van der Waals surface area contributed by atoms with Gasteiger partial charge in [0.25, 0.3) is 0 Å². The summed E-state index contributed by atoms with van der Waals surface area (Å²) in [4.78, 5) is 0. The number of benzene rings is 2. The molecule has 2 rings (SSSR count). The molecule has 3 nitrogen and oxygen atoms in total. The first-order chi connectivity index (χ1) is 10.1. The molecule has 0 aliphatic carbocycles. The van der Waals surface area contributed by atoms with E-state index in [1.807, 2.05) is 24.3 Å². The highest BCUT2D eigenvalue weighted by Crippen LogP contribution is 2.36. The molecule has 0 spiro atoms. The van der Waals surface area contributed by atoms with E-state index >= 15 is 0 Å². The van der Waals surface area contributed by atoms with Crippen molar-refractivity contribution in [1.29, 1.82) is 0 Å². The topological polar surface area (TPSA) is 43.4 Å². The van der Waals surface area contributed by atoms with Crippen LogP contribution in [0.25, 0.3) is 0 Å². The van der Waals surface area contributed by atoms with Crippen LogP contribution in [0.3, 0.4) is 0 Å². The summed E-state index contributed by atoms with van der Waals surface area (Å²) in [6, 6.07) is 14.7. The summed E-state index contributed by atoms with van der Waals surface area (Å²) in [6.45, 7) is 4.12. The highest BCUT2D eigenvalue weighted by Gasteiger charge is 2.38. The predicted octanol–water partition coefficient (Wildman–Crippen LogP) is 4.26. The molecule has 0 aromatic heterocycles. The van der Waals surface area contributed by atoms with Crippen LogP contribution in [0.2, 0.25) is 0 Å². The summed E-state index contributed by atoms with van der Waals surface area (Å²) >= 11 is 0. The predicted molar refractivity (Wildman–Crippen MR) is 87.2 cm³/mol. The van der Waals surface area contributed by atoms with E-state index in [1.54, 1.807) is 24.3 Å². The van der Waals surface area contributed by atoms with Gasteiger partial charge >= 0.3 is 16.1 Å². The minimum atomic E-state index is -2.10. The number of rotatable bonds is 6. The van der Waals surface area contributed by atoms with Crippen LogP contribution in [0.1, 0.15) is 25.0 Å². The van der Waals surface area contributed by atoms with Gasteiger partial charge < -0.3 is 0 Å². The van der Waals surface area contributed by atoms with Gasteiger partial charge in [0.15, 0.2) is 0 Å². The standard InChI is InChI=1S/C16H18O3P2/c1-3-13-5-9-15(10-6-13)20(17)19-21(18)16-11-7-14(4-2)8-12-16/h5-12H,3-4H2,1-2H3/q+2. The molecular formula is C16H18O3P2+2. The zero-order chi connectivity index (χ0) is 15.2. The molecule has 0 aliphatic rings. The number of hydrogen-bond acceptors (Lipinski definition) is 3. The van der Waals surface area contributed by atoms with Gasteiger partial charge in [-0.1, -0.05) is 38.1 Å². The van der Waals surface area contributed by atoms with Crippen molar-refractivity contribution >= 4 is 26.7 Å². The van der Waals surface area contributed by atoms with Crippen molar-refractivity contribution in [3.05, 3.63) is 59.7 Å². The molecule has 5 heteroatoms. The lowest BCUT2D eigenvalue weighted by atomic mass is 10.2. The molecule has 2 aromatic carbocycles. The molecule has 0 heterocycles. The lowest BCUT2D eigenvalue weighted by Crippen LogP contribution is -2.00. The van der Waals surface area contributed by atoms with Gasteiger partial charge in [0.2, 0.25) is 10.6 Å². The molecule has 0 saturated carbocycles. The second-order valence-corrected chi connectivity index (χ2v) is 7.35. The Morgan fingerprint density at radius 1 is 0.714 bits per heavy atom. The maximum atomic E-state index is 12.1. The molecule has 0 amide bonds. The van der Waals surface area contributed by atoms with E-state index in [4.69, 9.17) is 4.31 Å². The van der Waals surface area contributed by atoms with Gasteiger partial charge in [-0.25, -0.2) is 0 Å². The Labute approximate surface area is 127 Å². The first-order valence-electron chi connectivity index (χ1n) is 6.94. The van der Waals surface area contributed by atoms with E-state index in [0.29, 0.717) is 10.6 Å². The van der Waals surface area contributed by atoms with Crippen LogP contribution in [0, 0.1) is 0 Å². The molecule has 0 aliphatic heterocycles. The Morgan fingerprint density at radius 3 is 1.33 bits per heavy atom. The van der Waals surface area contributed by atoms with E-state index in [-0.39, 0.29) is 0 Å². The minimum absolute atomic E-state index is 0.565. The Hall–Kier alpha value is -1.40. The van der Waals surface area contributed by atoms with Crippen molar-refractivity contribution in [1.82, 2.24) is 0 Å². The molecule has 2 atom stereocenters. The molecule has 2 unspecified atom stereocenters. The smallest absolute Gasteiger partial charge is 0.0613 e. The molecule has 2 aromatic rings. The van der Waals surface area contributed by atoms with E-state index in [1.165, 1.54) is 11.1 Å². The summed E-state index contributed by atoms with van der Waals surface area (Å²) in [5.41, 5.74) is 2.34. The Morgan fingerprint density at radius 2 is 1.05 bits per heavy atom. The van der Waals surface area contributed by atoms with Crippen LogP contribution in [0.4, 0.5) is 0 Å². The maximum absolute atomic E-state index is 12.1. The first-order valence-corrected chi connectivity index (χ1v) is 9.30. The monoisotopic (exact) mass is 320 g/mol. The van der Waals surface area contributed by atoms with Crippen LogP contribution in [0.15, 0.2) is 48.5 Å². The summed E-state index contributed by atoms with van der Waals surface area (Å²) < 4.78 is 29.4. The number of aryl methyl sites for hydroxylation is 2. The summed E-state index contributed by atoms with van der Waals surface area (Å²) in [6.07, 6.45) is 1.85. The second kappa shape index (κ2) is 7.56. The van der Waals surface area contributed by atoms with Gasteiger partial charge in [-0.3, -0.25) is 0 Å². The van der Waals surface area contributed by atoms with Gasteiger partial charge in [-0.15, -0.1) is 0 Å². The van der Waals surface area contributed by atoms with Gasteiger partial charge in [-0.2, -0.15) is 0 Å². The van der Waals surface area contributed by atoms with Gasteiger partial charge in [0, 0.05) is 0 Å². The second-order valence-electron chi connectivity index (χ2n) is 4.64. The molecule has 0 bridgehead atoms. The van der Waals surface area contributed by atoms with Crippen molar-refractivity contribution in [2.75, 3.05) is 0 Å². The molecule has 0 N–H and O–H groups in total. The highest BCUT2D eigenvalue weighted by atomic mass is 31.2. The molecule has 0 radical (unpaired) electrons. The Balaban J connectivity index is 2.05. The fourth-order valence-electron chi connectivity index (χ4n) is 1.87. The van der Waals surface area contributed by atoms with Gasteiger partial charge in [-0.05, 0) is 57.4 Å².